The summed E-state index contributed by atoms with van der Waals surface area (Å²) in [5.41, 5.74) is 2.93. The second-order valence-electron chi connectivity index (χ2n) is 2.82. The van der Waals surface area contributed by atoms with E-state index in [4.69, 9.17) is 0 Å². The summed E-state index contributed by atoms with van der Waals surface area (Å²) in [5, 5.41) is 12.9. The van der Waals surface area contributed by atoms with Crippen molar-refractivity contribution in [2.45, 2.75) is 13.1 Å². The predicted octanol–water partition coefficient (Wildman–Crippen LogP) is 0.524. The van der Waals surface area contributed by atoms with Gasteiger partial charge in [-0.25, -0.2) is 4.98 Å². The molecule has 0 aromatic carbocycles. The van der Waals surface area contributed by atoms with Gasteiger partial charge < -0.3 is 5.32 Å². The van der Waals surface area contributed by atoms with E-state index in [1.807, 2.05) is 17.1 Å². The first kappa shape index (κ1) is 9.29. The molecule has 0 fully saturated rings. The van der Waals surface area contributed by atoms with Crippen LogP contribution in [0, 0.1) is 0 Å². The summed E-state index contributed by atoms with van der Waals surface area (Å²) in [6.07, 6.45) is 3.53. The Hall–Kier alpha value is -1.27. The van der Waals surface area contributed by atoms with Gasteiger partial charge in [0.25, 0.3) is 0 Å². The van der Waals surface area contributed by atoms with Crippen molar-refractivity contribution < 1.29 is 0 Å². The molecule has 1 N–H and O–H groups in total. The third-order valence-electron chi connectivity index (χ3n) is 1.78. The van der Waals surface area contributed by atoms with Gasteiger partial charge in [-0.3, -0.25) is 4.68 Å². The van der Waals surface area contributed by atoms with E-state index >= 15 is 0 Å². The normalized spacial score (nSPS) is 10.6. The molecule has 0 bridgehead atoms. The molecule has 2 aromatic rings. The third-order valence-corrected chi connectivity index (χ3v) is 2.41. The summed E-state index contributed by atoms with van der Waals surface area (Å²) >= 11 is 1.62. The quantitative estimate of drug-likeness (QED) is 0.730. The molecule has 2 heterocycles. The van der Waals surface area contributed by atoms with Crippen molar-refractivity contribution in [2.24, 2.45) is 0 Å². The molecule has 0 saturated carbocycles. The lowest BCUT2D eigenvalue weighted by Crippen LogP contribution is -2.19. The van der Waals surface area contributed by atoms with Crippen LogP contribution in [0.1, 0.15) is 5.69 Å². The molecule has 2 aromatic heterocycles. The summed E-state index contributed by atoms with van der Waals surface area (Å²) in [4.78, 5) is 4.17. The van der Waals surface area contributed by atoms with Gasteiger partial charge in [-0.05, 0) is 0 Å². The van der Waals surface area contributed by atoms with E-state index in [9.17, 15) is 0 Å². The molecule has 0 atom stereocenters. The fourth-order valence-electron chi connectivity index (χ4n) is 1.09. The Morgan fingerprint density at radius 3 is 3.21 bits per heavy atom. The number of rotatable bonds is 5. The van der Waals surface area contributed by atoms with Crippen molar-refractivity contribution in [1.82, 2.24) is 25.3 Å². The zero-order valence-electron chi connectivity index (χ0n) is 7.63. The van der Waals surface area contributed by atoms with Gasteiger partial charge in [-0.2, -0.15) is 0 Å². The summed E-state index contributed by atoms with van der Waals surface area (Å²) in [6.45, 7) is 2.53. The Bertz CT molecular complexity index is 305. The van der Waals surface area contributed by atoms with Crippen LogP contribution in [0.2, 0.25) is 0 Å². The molecule has 0 radical (unpaired) electrons. The maximum Gasteiger partial charge on any atom is 0.0795 e. The van der Waals surface area contributed by atoms with Gasteiger partial charge in [0.1, 0.15) is 0 Å². The first-order valence-electron chi connectivity index (χ1n) is 4.37. The zero-order valence-corrected chi connectivity index (χ0v) is 8.44. The Morgan fingerprint density at radius 1 is 1.50 bits per heavy atom. The second-order valence-corrected chi connectivity index (χ2v) is 3.54. The summed E-state index contributed by atoms with van der Waals surface area (Å²) in [7, 11) is 0. The number of thiazole rings is 1. The lowest BCUT2D eigenvalue weighted by Gasteiger charge is -2.01. The van der Waals surface area contributed by atoms with E-state index in [1.54, 1.807) is 22.2 Å². The van der Waals surface area contributed by atoms with Crippen LogP contribution < -0.4 is 5.32 Å². The summed E-state index contributed by atoms with van der Waals surface area (Å²) in [5.74, 6) is 0. The molecule has 0 amide bonds. The van der Waals surface area contributed by atoms with Crippen LogP contribution in [0.15, 0.2) is 23.3 Å². The molecule has 14 heavy (non-hydrogen) atoms. The molecule has 5 nitrogen and oxygen atoms in total. The monoisotopic (exact) mass is 209 g/mol. The highest BCUT2D eigenvalue weighted by Gasteiger charge is 1.94. The van der Waals surface area contributed by atoms with Crippen LogP contribution in [0.3, 0.4) is 0 Å². The highest BCUT2D eigenvalue weighted by Crippen LogP contribution is 1.99. The van der Waals surface area contributed by atoms with E-state index in [2.05, 4.69) is 20.6 Å². The minimum atomic E-state index is 0.818. The molecule has 0 aliphatic carbocycles. The van der Waals surface area contributed by atoms with E-state index in [0.29, 0.717) is 0 Å². The fourth-order valence-corrected chi connectivity index (χ4v) is 1.65. The molecule has 0 spiro atoms. The topological polar surface area (TPSA) is 55.6 Å². The van der Waals surface area contributed by atoms with Crippen molar-refractivity contribution in [3.05, 3.63) is 29.0 Å². The maximum atomic E-state index is 4.17. The first-order chi connectivity index (χ1) is 6.95. The molecular weight excluding hydrogens is 198 g/mol. The van der Waals surface area contributed by atoms with E-state index in [1.165, 1.54) is 0 Å². The van der Waals surface area contributed by atoms with Gasteiger partial charge in [0, 0.05) is 24.7 Å². The molecule has 0 aliphatic heterocycles. The van der Waals surface area contributed by atoms with Crippen LogP contribution in [-0.4, -0.2) is 26.5 Å². The average Bonchev–Trinajstić information content (AvgIpc) is 2.86. The lowest BCUT2D eigenvalue weighted by molar-refractivity contribution is 0.538. The van der Waals surface area contributed by atoms with Crippen LogP contribution in [0.5, 0.6) is 0 Å². The number of hydrogen-bond donors (Lipinski definition) is 1. The molecule has 0 unspecified atom stereocenters. The average molecular weight is 209 g/mol. The van der Waals surface area contributed by atoms with Gasteiger partial charge >= 0.3 is 0 Å². The van der Waals surface area contributed by atoms with E-state index < -0.39 is 0 Å². The van der Waals surface area contributed by atoms with Crippen molar-refractivity contribution in [1.29, 1.82) is 0 Å². The fraction of sp³-hybridized carbons (Fsp3) is 0.375. The molecule has 6 heteroatoms. The van der Waals surface area contributed by atoms with Crippen LogP contribution in [0.25, 0.3) is 0 Å². The Kier molecular flexibility index (Phi) is 3.20. The van der Waals surface area contributed by atoms with Crippen molar-refractivity contribution in [2.75, 3.05) is 6.54 Å². The van der Waals surface area contributed by atoms with Gasteiger partial charge in [0.05, 0.1) is 23.9 Å². The Labute approximate surface area is 85.8 Å². The largest absolute Gasteiger partial charge is 0.309 e. The number of hydrogen-bond acceptors (Lipinski definition) is 5. The van der Waals surface area contributed by atoms with Gasteiger partial charge in [-0.15, -0.1) is 16.4 Å². The van der Waals surface area contributed by atoms with Gasteiger partial charge in [0.15, 0.2) is 0 Å². The molecule has 74 valence electrons. The molecule has 2 rings (SSSR count). The van der Waals surface area contributed by atoms with E-state index in [0.717, 1.165) is 25.3 Å². The number of aromatic nitrogens is 4. The lowest BCUT2D eigenvalue weighted by atomic mass is 10.5. The predicted molar refractivity (Wildman–Crippen MR) is 53.8 cm³/mol. The minimum absolute atomic E-state index is 0.818. The SMILES string of the molecule is c1cn(CCNCc2cscn2)nn1. The first-order valence-corrected chi connectivity index (χ1v) is 5.31. The van der Waals surface area contributed by atoms with Gasteiger partial charge in [-0.1, -0.05) is 5.21 Å². The minimum Gasteiger partial charge on any atom is -0.309 e. The highest BCUT2D eigenvalue weighted by molar-refractivity contribution is 7.07. The van der Waals surface area contributed by atoms with Crippen molar-refractivity contribution in [3.8, 4) is 0 Å². The maximum absolute atomic E-state index is 4.17. The summed E-state index contributed by atoms with van der Waals surface area (Å²) < 4.78 is 1.80. The molecular formula is C8H11N5S. The highest BCUT2D eigenvalue weighted by atomic mass is 32.1. The van der Waals surface area contributed by atoms with Crippen LogP contribution >= 0.6 is 11.3 Å². The second kappa shape index (κ2) is 4.83. The molecule has 0 aliphatic rings. The van der Waals surface area contributed by atoms with Gasteiger partial charge in [0.2, 0.25) is 0 Å². The number of nitrogens with zero attached hydrogens (tertiary/aromatic N) is 4. The smallest absolute Gasteiger partial charge is 0.0795 e. The van der Waals surface area contributed by atoms with Crippen LogP contribution in [0.4, 0.5) is 0 Å². The summed E-state index contributed by atoms with van der Waals surface area (Å²) in [6, 6.07) is 0. The van der Waals surface area contributed by atoms with Crippen molar-refractivity contribution in [3.63, 3.8) is 0 Å². The Morgan fingerprint density at radius 2 is 2.50 bits per heavy atom. The zero-order chi connectivity index (χ0) is 9.64. The van der Waals surface area contributed by atoms with E-state index in [-0.39, 0.29) is 0 Å². The third kappa shape index (κ3) is 2.61. The number of nitrogens with one attached hydrogen (secondary N) is 1. The van der Waals surface area contributed by atoms with Crippen molar-refractivity contribution >= 4 is 11.3 Å². The Balaban J connectivity index is 1.65. The standard InChI is InChI=1S/C8H11N5S/c1(3-13-4-2-11-12-13)9-5-8-6-14-7-10-8/h2,4,6-7,9H,1,3,5H2. The van der Waals surface area contributed by atoms with Crippen LogP contribution in [-0.2, 0) is 13.1 Å². The molecule has 0 saturated heterocycles.